The number of benzene rings is 2. The highest BCUT2D eigenvalue weighted by Crippen LogP contribution is 2.39. The summed E-state index contributed by atoms with van der Waals surface area (Å²) >= 11 is 0. The number of fused-ring (bicyclic) bond motifs is 1. The van der Waals surface area contributed by atoms with Crippen LogP contribution in [0.5, 0.6) is 0 Å². The van der Waals surface area contributed by atoms with Crippen LogP contribution in [0.1, 0.15) is 35.7 Å². The van der Waals surface area contributed by atoms with E-state index in [0.717, 1.165) is 48.0 Å². The third-order valence-corrected chi connectivity index (χ3v) is 5.98. The van der Waals surface area contributed by atoms with Gasteiger partial charge in [0.15, 0.2) is 0 Å². The first kappa shape index (κ1) is 18.2. The second kappa shape index (κ2) is 7.08. The number of hydrogen-bond donors (Lipinski definition) is 1. The fourth-order valence-corrected chi connectivity index (χ4v) is 4.28. The van der Waals surface area contributed by atoms with Crippen molar-refractivity contribution in [2.24, 2.45) is 5.73 Å². The zero-order valence-electron chi connectivity index (χ0n) is 15.9. The van der Waals surface area contributed by atoms with Crippen LogP contribution in [0.15, 0.2) is 60.9 Å². The van der Waals surface area contributed by atoms with Crippen LogP contribution < -0.4 is 10.6 Å². The van der Waals surface area contributed by atoms with Gasteiger partial charge < -0.3 is 10.6 Å². The van der Waals surface area contributed by atoms with Crippen LogP contribution in [0.4, 0.5) is 5.69 Å². The molecule has 4 rings (SSSR count). The number of Topliss-reactive ketones (excluding diaryl/α,β-unsaturated/α-hetero) is 1. The summed E-state index contributed by atoms with van der Waals surface area (Å²) in [5, 5.41) is 1.93. The minimum atomic E-state index is -0.442. The zero-order chi connectivity index (χ0) is 19.7. The Hall–Kier alpha value is -3.21. The Labute approximate surface area is 164 Å². The predicted molar refractivity (Wildman–Crippen MR) is 111 cm³/mol. The fraction of sp³-hybridized carbons (Fsp3) is 0.261. The molecule has 0 unspecified atom stereocenters. The molecule has 3 aromatic rings. The van der Waals surface area contributed by atoms with E-state index in [2.05, 4.69) is 22.0 Å². The number of carbonyl (C=O) groups excluding carboxylic acids is 2. The molecule has 2 aromatic carbocycles. The molecule has 1 fully saturated rings. The summed E-state index contributed by atoms with van der Waals surface area (Å²) in [4.78, 5) is 30.8. The summed E-state index contributed by atoms with van der Waals surface area (Å²) in [7, 11) is 0. The lowest BCUT2D eigenvalue weighted by Gasteiger charge is -2.41. The number of rotatable bonds is 4. The third kappa shape index (κ3) is 3.03. The molecular weight excluding hydrogens is 350 g/mol. The molecule has 2 heterocycles. The SMILES string of the molecule is CC(=O)C1(c2ccccc2)CCN(c2cncc3ccc(C(N)=O)cc23)CC1. The van der Waals surface area contributed by atoms with Gasteiger partial charge in [-0.3, -0.25) is 14.6 Å². The van der Waals surface area contributed by atoms with E-state index < -0.39 is 11.3 Å². The van der Waals surface area contributed by atoms with E-state index in [1.807, 2.05) is 36.5 Å². The Balaban J connectivity index is 1.68. The van der Waals surface area contributed by atoms with Gasteiger partial charge in [-0.15, -0.1) is 0 Å². The maximum Gasteiger partial charge on any atom is 0.248 e. The lowest BCUT2D eigenvalue weighted by Crippen LogP contribution is -2.46. The number of piperidine rings is 1. The standard InChI is InChI=1S/C23H23N3O2/c1-16(27)23(19-5-3-2-4-6-19)9-11-26(12-10-23)21-15-25-14-18-8-7-17(22(24)28)13-20(18)21/h2-8,13-15H,9-12H2,1H3,(H2,24,28). The Morgan fingerprint density at radius 1 is 1.04 bits per heavy atom. The van der Waals surface area contributed by atoms with Crippen molar-refractivity contribution in [1.82, 2.24) is 4.98 Å². The van der Waals surface area contributed by atoms with E-state index in [1.54, 1.807) is 19.2 Å². The summed E-state index contributed by atoms with van der Waals surface area (Å²) in [5.74, 6) is -0.228. The third-order valence-electron chi connectivity index (χ3n) is 5.98. The number of aromatic nitrogens is 1. The molecule has 2 N–H and O–H groups in total. The molecular formula is C23H23N3O2. The molecule has 0 saturated carbocycles. The molecule has 1 aliphatic rings. The van der Waals surface area contributed by atoms with E-state index in [-0.39, 0.29) is 5.78 Å². The Kier molecular flexibility index (Phi) is 4.59. The van der Waals surface area contributed by atoms with Crippen molar-refractivity contribution in [3.05, 3.63) is 72.1 Å². The Morgan fingerprint density at radius 2 is 1.75 bits per heavy atom. The monoisotopic (exact) mass is 373 g/mol. The molecule has 0 aliphatic carbocycles. The highest BCUT2D eigenvalue weighted by molar-refractivity contribution is 6.01. The molecule has 142 valence electrons. The Bertz CT molecular complexity index is 1040. The van der Waals surface area contributed by atoms with Gasteiger partial charge in [0, 0.05) is 35.6 Å². The van der Waals surface area contributed by atoms with Crippen LogP contribution in [-0.2, 0) is 10.2 Å². The second-order valence-corrected chi connectivity index (χ2v) is 7.45. The lowest BCUT2D eigenvalue weighted by atomic mass is 9.70. The van der Waals surface area contributed by atoms with E-state index in [4.69, 9.17) is 5.73 Å². The molecule has 5 nitrogen and oxygen atoms in total. The van der Waals surface area contributed by atoms with E-state index in [1.165, 1.54) is 0 Å². The van der Waals surface area contributed by atoms with Gasteiger partial charge in [0.1, 0.15) is 5.78 Å². The number of nitrogens with two attached hydrogens (primary N) is 1. The van der Waals surface area contributed by atoms with Gasteiger partial charge >= 0.3 is 0 Å². The first-order valence-corrected chi connectivity index (χ1v) is 9.50. The van der Waals surface area contributed by atoms with Crippen molar-refractivity contribution < 1.29 is 9.59 Å². The van der Waals surface area contributed by atoms with E-state index in [9.17, 15) is 9.59 Å². The van der Waals surface area contributed by atoms with Crippen LogP contribution >= 0.6 is 0 Å². The summed E-state index contributed by atoms with van der Waals surface area (Å²) in [6, 6.07) is 15.5. The van der Waals surface area contributed by atoms with Gasteiger partial charge in [-0.05, 0) is 37.5 Å². The number of hydrogen-bond acceptors (Lipinski definition) is 4. The van der Waals surface area contributed by atoms with Gasteiger partial charge in [-0.1, -0.05) is 36.4 Å². The first-order valence-electron chi connectivity index (χ1n) is 9.50. The molecule has 1 aliphatic heterocycles. The summed E-state index contributed by atoms with van der Waals surface area (Å²) in [6.07, 6.45) is 5.12. The summed E-state index contributed by atoms with van der Waals surface area (Å²) in [6.45, 7) is 3.19. The maximum atomic E-state index is 12.6. The zero-order valence-corrected chi connectivity index (χ0v) is 15.9. The molecule has 1 amide bonds. The smallest absolute Gasteiger partial charge is 0.248 e. The number of anilines is 1. The molecule has 0 spiro atoms. The van der Waals surface area contributed by atoms with Gasteiger partial charge in [0.25, 0.3) is 0 Å². The van der Waals surface area contributed by atoms with Crippen molar-refractivity contribution in [1.29, 1.82) is 0 Å². The van der Waals surface area contributed by atoms with E-state index >= 15 is 0 Å². The number of carbonyl (C=O) groups is 2. The molecule has 1 saturated heterocycles. The minimum Gasteiger partial charge on any atom is -0.370 e. The van der Waals surface area contributed by atoms with Crippen LogP contribution in [0.25, 0.3) is 10.8 Å². The summed E-state index contributed by atoms with van der Waals surface area (Å²) in [5.41, 5.74) is 7.58. The average molecular weight is 373 g/mol. The minimum absolute atomic E-state index is 0.213. The number of nitrogens with zero attached hydrogens (tertiary/aromatic N) is 2. The molecule has 1 aromatic heterocycles. The van der Waals surface area contributed by atoms with Crippen molar-refractivity contribution >= 4 is 28.2 Å². The normalized spacial score (nSPS) is 16.1. The number of primary amides is 1. The molecule has 0 bridgehead atoms. The lowest BCUT2D eigenvalue weighted by molar-refractivity contribution is -0.123. The first-order chi connectivity index (χ1) is 13.5. The quantitative estimate of drug-likeness (QED) is 0.760. The van der Waals surface area contributed by atoms with Gasteiger partial charge in [0.2, 0.25) is 5.91 Å². The molecule has 5 heteroatoms. The maximum absolute atomic E-state index is 12.6. The molecule has 0 radical (unpaired) electrons. The van der Waals surface area contributed by atoms with Crippen LogP contribution in [0.3, 0.4) is 0 Å². The molecule has 28 heavy (non-hydrogen) atoms. The average Bonchev–Trinajstić information content (AvgIpc) is 2.73. The van der Waals surface area contributed by atoms with Crippen molar-refractivity contribution in [3.63, 3.8) is 0 Å². The van der Waals surface area contributed by atoms with E-state index in [0.29, 0.717) is 5.56 Å². The van der Waals surface area contributed by atoms with Crippen molar-refractivity contribution in [2.45, 2.75) is 25.2 Å². The molecule has 0 atom stereocenters. The van der Waals surface area contributed by atoms with Gasteiger partial charge in [0.05, 0.1) is 17.3 Å². The number of amides is 1. The number of pyridine rings is 1. The number of ketones is 1. The van der Waals surface area contributed by atoms with Gasteiger partial charge in [-0.2, -0.15) is 0 Å². The topological polar surface area (TPSA) is 76.3 Å². The fourth-order valence-electron chi connectivity index (χ4n) is 4.28. The highest BCUT2D eigenvalue weighted by atomic mass is 16.1. The van der Waals surface area contributed by atoms with Crippen molar-refractivity contribution in [3.8, 4) is 0 Å². The van der Waals surface area contributed by atoms with Crippen molar-refractivity contribution in [2.75, 3.05) is 18.0 Å². The van der Waals surface area contributed by atoms with Crippen LogP contribution in [-0.4, -0.2) is 29.8 Å². The van der Waals surface area contributed by atoms with Crippen LogP contribution in [0, 0.1) is 0 Å². The largest absolute Gasteiger partial charge is 0.370 e. The Morgan fingerprint density at radius 3 is 2.39 bits per heavy atom. The highest BCUT2D eigenvalue weighted by Gasteiger charge is 2.40. The second-order valence-electron chi connectivity index (χ2n) is 7.45. The van der Waals surface area contributed by atoms with Gasteiger partial charge in [-0.25, -0.2) is 0 Å². The summed E-state index contributed by atoms with van der Waals surface area (Å²) < 4.78 is 0. The predicted octanol–water partition coefficient (Wildman–Crippen LogP) is 3.46. The van der Waals surface area contributed by atoms with Crippen LogP contribution in [0.2, 0.25) is 0 Å².